The van der Waals surface area contributed by atoms with Gasteiger partial charge in [0, 0.05) is 6.61 Å². The third kappa shape index (κ3) is 4.89. The maximum absolute atomic E-state index is 9.70. The summed E-state index contributed by atoms with van der Waals surface area (Å²) in [6.45, 7) is 0.228. The third-order valence-electron chi connectivity index (χ3n) is 4.86. The Morgan fingerprint density at radius 2 is 1.37 bits per heavy atom. The third-order valence-corrected chi connectivity index (χ3v) is 4.86. The molecule has 140 valence electrons. The Labute approximate surface area is 160 Å². The zero-order valence-electron chi connectivity index (χ0n) is 15.4. The summed E-state index contributed by atoms with van der Waals surface area (Å²) < 4.78 is 0. The van der Waals surface area contributed by atoms with Gasteiger partial charge in [0.1, 0.15) is 11.5 Å². The molecular formula is C24H26O3. The normalized spacial score (nSPS) is 12.9. The summed E-state index contributed by atoms with van der Waals surface area (Å²) in [5, 5.41) is 28.5. The van der Waals surface area contributed by atoms with E-state index in [2.05, 4.69) is 18.2 Å². The Morgan fingerprint density at radius 1 is 0.778 bits per heavy atom. The second-order valence-corrected chi connectivity index (χ2v) is 6.81. The van der Waals surface area contributed by atoms with Gasteiger partial charge >= 0.3 is 0 Å². The van der Waals surface area contributed by atoms with Crippen molar-refractivity contribution < 1.29 is 15.3 Å². The summed E-state index contributed by atoms with van der Waals surface area (Å²) >= 11 is 0. The number of allylic oxidation sites excluding steroid dienone is 5. The van der Waals surface area contributed by atoms with E-state index in [4.69, 9.17) is 5.11 Å². The number of aliphatic hydroxyl groups is 1. The molecule has 3 N–H and O–H groups in total. The first kappa shape index (κ1) is 19.0. The number of phenolic OH excluding ortho intramolecular Hbond substituents is 2. The summed E-state index contributed by atoms with van der Waals surface area (Å²) in [5.74, 6) is 0.491. The van der Waals surface area contributed by atoms with Crippen LogP contribution in [0.2, 0.25) is 0 Å². The van der Waals surface area contributed by atoms with E-state index in [-0.39, 0.29) is 18.1 Å². The van der Waals surface area contributed by atoms with Crippen molar-refractivity contribution in [1.29, 1.82) is 0 Å². The van der Waals surface area contributed by atoms with Crippen molar-refractivity contribution in [3.8, 4) is 11.5 Å². The number of unbranched alkanes of at least 4 members (excludes halogenated alkanes) is 2. The highest BCUT2D eigenvalue weighted by molar-refractivity contribution is 5.85. The average Bonchev–Trinajstić information content (AvgIpc) is 3.21. The molecule has 0 radical (unpaired) electrons. The van der Waals surface area contributed by atoms with Gasteiger partial charge in [0.25, 0.3) is 0 Å². The van der Waals surface area contributed by atoms with Crippen LogP contribution in [-0.4, -0.2) is 21.9 Å². The lowest BCUT2D eigenvalue weighted by molar-refractivity contribution is 0.283. The summed E-state index contributed by atoms with van der Waals surface area (Å²) in [5.41, 5.74) is 5.81. The Balaban J connectivity index is 2.09. The molecule has 1 aliphatic carbocycles. The number of benzene rings is 2. The molecule has 0 saturated heterocycles. The highest BCUT2D eigenvalue weighted by atomic mass is 16.3. The molecule has 2 aromatic carbocycles. The van der Waals surface area contributed by atoms with Crippen molar-refractivity contribution in [2.75, 3.05) is 6.61 Å². The minimum Gasteiger partial charge on any atom is -0.508 e. The summed E-state index contributed by atoms with van der Waals surface area (Å²) in [6, 6.07) is 14.6. The first-order chi connectivity index (χ1) is 13.2. The largest absolute Gasteiger partial charge is 0.508 e. The van der Waals surface area contributed by atoms with Crippen molar-refractivity contribution in [2.45, 2.75) is 32.1 Å². The molecular weight excluding hydrogens is 336 g/mol. The van der Waals surface area contributed by atoms with Crippen molar-refractivity contribution in [3.63, 3.8) is 0 Å². The first-order valence-electron chi connectivity index (χ1n) is 9.48. The molecule has 0 fully saturated rings. The molecule has 0 aromatic heterocycles. The van der Waals surface area contributed by atoms with Gasteiger partial charge in [-0.2, -0.15) is 0 Å². The van der Waals surface area contributed by atoms with E-state index in [9.17, 15) is 10.2 Å². The number of phenols is 2. The second-order valence-electron chi connectivity index (χ2n) is 6.81. The minimum absolute atomic E-state index is 0.228. The first-order valence-corrected chi connectivity index (χ1v) is 9.48. The quantitative estimate of drug-likeness (QED) is 0.556. The van der Waals surface area contributed by atoms with Gasteiger partial charge in [0.2, 0.25) is 0 Å². The van der Waals surface area contributed by atoms with E-state index < -0.39 is 0 Å². The van der Waals surface area contributed by atoms with Crippen LogP contribution in [-0.2, 0) is 0 Å². The number of hydrogen-bond acceptors (Lipinski definition) is 3. The Hall–Kier alpha value is -2.78. The zero-order valence-corrected chi connectivity index (χ0v) is 15.4. The van der Waals surface area contributed by atoms with Gasteiger partial charge in [-0.05, 0) is 77.8 Å². The van der Waals surface area contributed by atoms with Crippen LogP contribution in [0.5, 0.6) is 11.5 Å². The van der Waals surface area contributed by atoms with Crippen molar-refractivity contribution in [3.05, 3.63) is 89.0 Å². The van der Waals surface area contributed by atoms with Crippen LogP contribution in [0.25, 0.3) is 5.57 Å². The van der Waals surface area contributed by atoms with Crippen LogP contribution in [0.3, 0.4) is 0 Å². The molecule has 0 bridgehead atoms. The van der Waals surface area contributed by atoms with Crippen LogP contribution in [0.1, 0.15) is 43.2 Å². The van der Waals surface area contributed by atoms with Gasteiger partial charge in [-0.1, -0.05) is 48.9 Å². The molecule has 0 atom stereocenters. The lowest BCUT2D eigenvalue weighted by Crippen LogP contribution is -1.99. The lowest BCUT2D eigenvalue weighted by Gasteiger charge is -2.18. The molecule has 0 heterocycles. The molecule has 27 heavy (non-hydrogen) atoms. The molecule has 0 aliphatic heterocycles. The van der Waals surface area contributed by atoms with E-state index in [0.29, 0.717) is 0 Å². The monoisotopic (exact) mass is 362 g/mol. The fourth-order valence-corrected chi connectivity index (χ4v) is 3.48. The summed E-state index contributed by atoms with van der Waals surface area (Å²) in [7, 11) is 0. The topological polar surface area (TPSA) is 60.7 Å². The van der Waals surface area contributed by atoms with Gasteiger partial charge < -0.3 is 15.3 Å². The van der Waals surface area contributed by atoms with E-state index in [0.717, 1.165) is 48.8 Å². The second kappa shape index (κ2) is 9.24. The molecule has 0 unspecified atom stereocenters. The smallest absolute Gasteiger partial charge is 0.115 e. The number of aliphatic hydroxyl groups excluding tert-OH is 1. The van der Waals surface area contributed by atoms with Gasteiger partial charge in [-0.15, -0.1) is 0 Å². The van der Waals surface area contributed by atoms with Gasteiger partial charge in [-0.3, -0.25) is 0 Å². The molecule has 0 amide bonds. The Morgan fingerprint density at radius 3 is 1.85 bits per heavy atom. The number of aromatic hydroxyl groups is 2. The fourth-order valence-electron chi connectivity index (χ4n) is 3.48. The Bertz CT molecular complexity index is 793. The number of hydrogen-bond donors (Lipinski definition) is 3. The molecule has 3 rings (SSSR count). The van der Waals surface area contributed by atoms with Crippen LogP contribution in [0.15, 0.2) is 77.9 Å². The maximum Gasteiger partial charge on any atom is 0.115 e. The van der Waals surface area contributed by atoms with Crippen molar-refractivity contribution in [1.82, 2.24) is 0 Å². The van der Waals surface area contributed by atoms with Crippen molar-refractivity contribution >= 4 is 5.57 Å². The standard InChI is InChI=1S/C24H26O3/c25-17-5-1-2-8-23(18-6-3-4-7-18)24(19-9-13-21(26)14-10-19)20-11-15-22(27)16-12-20/h3-4,6,9-16,25-27H,1-2,5,7-8,17H2. The maximum atomic E-state index is 9.70. The predicted octanol–water partition coefficient (Wildman–Crippen LogP) is 5.34. The Kier molecular flexibility index (Phi) is 6.50. The van der Waals surface area contributed by atoms with Crippen LogP contribution in [0, 0.1) is 0 Å². The molecule has 3 heteroatoms. The summed E-state index contributed by atoms with van der Waals surface area (Å²) in [6.07, 6.45) is 11.1. The predicted molar refractivity (Wildman–Crippen MR) is 110 cm³/mol. The summed E-state index contributed by atoms with van der Waals surface area (Å²) in [4.78, 5) is 0. The number of rotatable bonds is 8. The lowest BCUT2D eigenvalue weighted by atomic mass is 9.86. The minimum atomic E-state index is 0.228. The molecule has 3 nitrogen and oxygen atoms in total. The van der Waals surface area contributed by atoms with Crippen LogP contribution in [0.4, 0.5) is 0 Å². The SMILES string of the molecule is OCCCCCC(C1=CC=CC1)=C(c1ccc(O)cc1)c1ccc(O)cc1. The highest BCUT2D eigenvalue weighted by Crippen LogP contribution is 2.37. The van der Waals surface area contributed by atoms with Crippen LogP contribution < -0.4 is 0 Å². The van der Waals surface area contributed by atoms with Gasteiger partial charge in [0.15, 0.2) is 0 Å². The average molecular weight is 362 g/mol. The van der Waals surface area contributed by atoms with Gasteiger partial charge in [0.05, 0.1) is 0 Å². The van der Waals surface area contributed by atoms with Crippen LogP contribution >= 0.6 is 0 Å². The van der Waals surface area contributed by atoms with E-state index in [1.165, 1.54) is 11.1 Å². The van der Waals surface area contributed by atoms with Crippen molar-refractivity contribution in [2.24, 2.45) is 0 Å². The molecule has 2 aromatic rings. The highest BCUT2D eigenvalue weighted by Gasteiger charge is 2.16. The van der Waals surface area contributed by atoms with E-state index in [1.54, 1.807) is 24.3 Å². The molecule has 0 spiro atoms. The van der Waals surface area contributed by atoms with E-state index in [1.807, 2.05) is 24.3 Å². The zero-order chi connectivity index (χ0) is 19.1. The molecule has 0 saturated carbocycles. The fraction of sp³-hybridized carbons (Fsp3) is 0.250. The van der Waals surface area contributed by atoms with E-state index >= 15 is 0 Å². The molecule has 1 aliphatic rings. The van der Waals surface area contributed by atoms with Gasteiger partial charge in [-0.25, -0.2) is 0 Å².